The summed E-state index contributed by atoms with van der Waals surface area (Å²) in [7, 11) is 0. The first-order valence-electron chi connectivity index (χ1n) is 9.60. The van der Waals surface area contributed by atoms with Crippen molar-refractivity contribution in [2.45, 2.75) is 33.3 Å². The summed E-state index contributed by atoms with van der Waals surface area (Å²) in [4.78, 5) is 4.88. The summed E-state index contributed by atoms with van der Waals surface area (Å²) in [6.07, 6.45) is 2.81. The topological polar surface area (TPSA) is 78.3 Å². The molecule has 0 amide bonds. The summed E-state index contributed by atoms with van der Waals surface area (Å²) in [5, 5.41) is 9.58. The zero-order chi connectivity index (χ0) is 19.7. The van der Waals surface area contributed by atoms with E-state index in [1.807, 2.05) is 59.1 Å². The minimum Gasteiger partial charge on any atom is -0.488 e. The van der Waals surface area contributed by atoms with Crippen LogP contribution in [0.15, 0.2) is 54.7 Å². The van der Waals surface area contributed by atoms with Crippen molar-refractivity contribution >= 4 is 16.6 Å². The van der Waals surface area contributed by atoms with Crippen molar-refractivity contribution in [2.75, 3.05) is 6.54 Å². The predicted molar refractivity (Wildman–Crippen MR) is 111 cm³/mol. The van der Waals surface area contributed by atoms with Gasteiger partial charge in [-0.1, -0.05) is 45.0 Å². The molecule has 0 saturated carbocycles. The molecule has 0 saturated heterocycles. The van der Waals surface area contributed by atoms with Crippen molar-refractivity contribution in [3.05, 3.63) is 54.7 Å². The first-order valence-corrected chi connectivity index (χ1v) is 9.60. The van der Waals surface area contributed by atoms with Crippen molar-refractivity contribution in [1.29, 1.82) is 0 Å². The van der Waals surface area contributed by atoms with E-state index in [1.54, 1.807) is 0 Å². The molecule has 0 aliphatic carbocycles. The van der Waals surface area contributed by atoms with Gasteiger partial charge in [0.2, 0.25) is 0 Å². The van der Waals surface area contributed by atoms with Crippen LogP contribution >= 0.6 is 0 Å². The van der Waals surface area contributed by atoms with E-state index in [4.69, 9.17) is 15.5 Å². The van der Waals surface area contributed by atoms with Crippen LogP contribution in [0.4, 0.5) is 0 Å². The van der Waals surface area contributed by atoms with Crippen molar-refractivity contribution in [3.8, 4) is 17.3 Å². The van der Waals surface area contributed by atoms with E-state index in [1.165, 1.54) is 0 Å². The fraction of sp³-hybridized carbons (Fsp3) is 0.318. The van der Waals surface area contributed by atoms with E-state index in [0.717, 1.165) is 34.4 Å². The van der Waals surface area contributed by atoms with Gasteiger partial charge in [-0.3, -0.25) is 4.40 Å². The fourth-order valence-electron chi connectivity index (χ4n) is 3.44. The second-order valence-corrected chi connectivity index (χ2v) is 7.68. The zero-order valence-electron chi connectivity index (χ0n) is 16.5. The molecule has 0 spiro atoms. The molecule has 4 rings (SSSR count). The minimum atomic E-state index is -0.127. The van der Waals surface area contributed by atoms with Gasteiger partial charge in [-0.25, -0.2) is 4.98 Å². The lowest BCUT2D eigenvalue weighted by atomic mass is 9.85. The van der Waals surface area contributed by atoms with Crippen LogP contribution in [0.3, 0.4) is 0 Å². The van der Waals surface area contributed by atoms with Gasteiger partial charge in [0.15, 0.2) is 11.5 Å². The van der Waals surface area contributed by atoms with Gasteiger partial charge in [0.1, 0.15) is 23.1 Å². The average molecular weight is 375 g/mol. The highest BCUT2D eigenvalue weighted by molar-refractivity contribution is 5.86. The molecule has 0 bridgehead atoms. The van der Waals surface area contributed by atoms with Crippen molar-refractivity contribution in [1.82, 2.24) is 19.6 Å². The first-order chi connectivity index (χ1) is 13.5. The van der Waals surface area contributed by atoms with Gasteiger partial charge in [0.25, 0.3) is 0 Å². The van der Waals surface area contributed by atoms with E-state index >= 15 is 0 Å². The lowest BCUT2D eigenvalue weighted by Gasteiger charge is -2.33. The van der Waals surface area contributed by atoms with E-state index in [-0.39, 0.29) is 11.5 Å². The number of nitrogens with two attached hydrogens (primary N) is 1. The molecule has 3 heterocycles. The SMILES string of the molecule is CCC(Oc1cccc2ccc(-c3nnc4ccccn34)nc12)C(C)(C)CN. The summed E-state index contributed by atoms with van der Waals surface area (Å²) in [6, 6.07) is 15.8. The van der Waals surface area contributed by atoms with Crippen LogP contribution in [0.5, 0.6) is 5.75 Å². The number of ether oxygens (including phenoxy) is 1. The Morgan fingerprint density at radius 2 is 1.93 bits per heavy atom. The molecule has 0 aliphatic rings. The van der Waals surface area contributed by atoms with E-state index < -0.39 is 0 Å². The number of rotatable bonds is 6. The molecule has 6 nitrogen and oxygen atoms in total. The number of benzene rings is 1. The van der Waals surface area contributed by atoms with Crippen molar-refractivity contribution in [3.63, 3.8) is 0 Å². The maximum absolute atomic E-state index is 6.41. The quantitative estimate of drug-likeness (QED) is 0.549. The Labute approximate surface area is 164 Å². The highest BCUT2D eigenvalue weighted by atomic mass is 16.5. The smallest absolute Gasteiger partial charge is 0.187 e. The Morgan fingerprint density at radius 3 is 2.71 bits per heavy atom. The van der Waals surface area contributed by atoms with Gasteiger partial charge in [-0.2, -0.15) is 0 Å². The van der Waals surface area contributed by atoms with Gasteiger partial charge in [0, 0.05) is 23.5 Å². The van der Waals surface area contributed by atoms with E-state index in [0.29, 0.717) is 12.4 Å². The summed E-state index contributed by atoms with van der Waals surface area (Å²) in [5.74, 6) is 1.48. The Balaban J connectivity index is 1.80. The molecule has 1 atom stereocenters. The lowest BCUT2D eigenvalue weighted by Crippen LogP contribution is -2.40. The number of hydrogen-bond donors (Lipinski definition) is 1. The highest BCUT2D eigenvalue weighted by Crippen LogP contribution is 2.32. The summed E-state index contributed by atoms with van der Waals surface area (Å²) in [6.45, 7) is 6.94. The monoisotopic (exact) mass is 375 g/mol. The van der Waals surface area contributed by atoms with Gasteiger partial charge < -0.3 is 10.5 Å². The number of nitrogens with zero attached hydrogens (tertiary/aromatic N) is 4. The van der Waals surface area contributed by atoms with Crippen LogP contribution in [-0.2, 0) is 0 Å². The second kappa shape index (κ2) is 7.20. The molecule has 0 radical (unpaired) electrons. The van der Waals surface area contributed by atoms with Crippen LogP contribution in [0, 0.1) is 5.41 Å². The normalized spacial score (nSPS) is 13.1. The third-order valence-corrected chi connectivity index (χ3v) is 5.26. The van der Waals surface area contributed by atoms with Crippen LogP contribution in [-0.4, -0.2) is 32.2 Å². The molecule has 6 heteroatoms. The number of hydrogen-bond acceptors (Lipinski definition) is 5. The molecule has 28 heavy (non-hydrogen) atoms. The number of para-hydroxylation sites is 1. The highest BCUT2D eigenvalue weighted by Gasteiger charge is 2.29. The maximum Gasteiger partial charge on any atom is 0.187 e. The number of fused-ring (bicyclic) bond motifs is 2. The lowest BCUT2D eigenvalue weighted by molar-refractivity contribution is 0.0772. The molecule has 0 aliphatic heterocycles. The fourth-order valence-corrected chi connectivity index (χ4v) is 3.44. The molecule has 4 aromatic rings. The average Bonchev–Trinajstić information content (AvgIpc) is 3.15. The Bertz CT molecular complexity index is 1120. The molecular formula is C22H25N5O. The van der Waals surface area contributed by atoms with Gasteiger partial charge in [-0.05, 0) is 30.7 Å². The first kappa shape index (κ1) is 18.4. The summed E-state index contributed by atoms with van der Waals surface area (Å²) >= 11 is 0. The van der Waals surface area contributed by atoms with Crippen LogP contribution < -0.4 is 10.5 Å². The van der Waals surface area contributed by atoms with Gasteiger partial charge >= 0.3 is 0 Å². The van der Waals surface area contributed by atoms with Crippen LogP contribution in [0.25, 0.3) is 28.1 Å². The molecule has 1 aromatic carbocycles. The summed E-state index contributed by atoms with van der Waals surface area (Å²) < 4.78 is 8.34. The maximum atomic E-state index is 6.41. The molecule has 3 aromatic heterocycles. The van der Waals surface area contributed by atoms with Crippen molar-refractivity contribution in [2.24, 2.45) is 11.1 Å². The largest absolute Gasteiger partial charge is 0.488 e. The summed E-state index contributed by atoms with van der Waals surface area (Å²) in [5.41, 5.74) is 8.22. The molecule has 0 fully saturated rings. The second-order valence-electron chi connectivity index (χ2n) is 7.68. The van der Waals surface area contributed by atoms with E-state index in [2.05, 4.69) is 31.0 Å². The molecular weight excluding hydrogens is 350 g/mol. The molecule has 144 valence electrons. The Kier molecular flexibility index (Phi) is 4.73. The number of aromatic nitrogens is 4. The van der Waals surface area contributed by atoms with Gasteiger partial charge in [-0.15, -0.1) is 10.2 Å². The third kappa shape index (κ3) is 3.20. The zero-order valence-corrected chi connectivity index (χ0v) is 16.5. The third-order valence-electron chi connectivity index (χ3n) is 5.26. The van der Waals surface area contributed by atoms with Crippen molar-refractivity contribution < 1.29 is 4.74 Å². The Morgan fingerprint density at radius 1 is 1.07 bits per heavy atom. The molecule has 2 N–H and O–H groups in total. The minimum absolute atomic E-state index is 0.00229. The number of pyridine rings is 2. The molecule has 1 unspecified atom stereocenters. The standard InChI is InChI=1S/C22H25N5O/c1-4-18(22(2,3)14-23)28-17-9-7-8-15-11-12-16(24-20(15)17)21-26-25-19-10-5-6-13-27(19)21/h5-13,18H,4,14,23H2,1-3H3. The van der Waals surface area contributed by atoms with E-state index in [9.17, 15) is 0 Å². The Hall–Kier alpha value is -2.99. The predicted octanol–water partition coefficient (Wildman–Crippen LogP) is 4.09. The van der Waals surface area contributed by atoms with Crippen LogP contribution in [0.2, 0.25) is 0 Å². The van der Waals surface area contributed by atoms with Gasteiger partial charge in [0.05, 0.1) is 0 Å². The van der Waals surface area contributed by atoms with Crippen LogP contribution in [0.1, 0.15) is 27.2 Å².